The molecule has 0 spiro atoms. The molecule has 29 heavy (non-hydrogen) atoms. The Labute approximate surface area is 172 Å². The second kappa shape index (κ2) is 8.62. The first-order valence-electron chi connectivity index (χ1n) is 9.92. The van der Waals surface area contributed by atoms with Gasteiger partial charge in [-0.1, -0.05) is 61.0 Å². The second-order valence-corrected chi connectivity index (χ2v) is 7.76. The summed E-state index contributed by atoms with van der Waals surface area (Å²) in [5.74, 6) is -1.32. The quantitative estimate of drug-likeness (QED) is 0.464. The maximum absolute atomic E-state index is 12.9. The van der Waals surface area contributed by atoms with Crippen molar-refractivity contribution in [2.24, 2.45) is 0 Å². The zero-order valence-electron chi connectivity index (χ0n) is 17.5. The lowest BCUT2D eigenvalue weighted by atomic mass is 9.94. The van der Waals surface area contributed by atoms with Crippen LogP contribution in [0.5, 0.6) is 0 Å². The van der Waals surface area contributed by atoms with E-state index in [1.165, 1.54) is 0 Å². The van der Waals surface area contributed by atoms with Gasteiger partial charge in [0.1, 0.15) is 5.76 Å². The molecule has 0 aromatic heterocycles. The van der Waals surface area contributed by atoms with Gasteiger partial charge in [-0.15, -0.1) is 0 Å². The highest BCUT2D eigenvalue weighted by molar-refractivity contribution is 6.46. The van der Waals surface area contributed by atoms with E-state index in [2.05, 4.69) is 6.92 Å². The van der Waals surface area contributed by atoms with Crippen LogP contribution in [0.1, 0.15) is 35.2 Å². The third-order valence-electron chi connectivity index (χ3n) is 5.32. The molecule has 5 nitrogen and oxygen atoms in total. The van der Waals surface area contributed by atoms with Crippen molar-refractivity contribution in [3.63, 3.8) is 0 Å². The monoisotopic (exact) mass is 392 g/mol. The van der Waals surface area contributed by atoms with Gasteiger partial charge < -0.3 is 14.9 Å². The third kappa shape index (κ3) is 4.25. The molecule has 2 aromatic carbocycles. The molecule has 1 atom stereocenters. The molecule has 5 heteroatoms. The predicted molar refractivity (Wildman–Crippen MR) is 115 cm³/mol. The van der Waals surface area contributed by atoms with Crippen molar-refractivity contribution in [3.8, 4) is 0 Å². The SMILES string of the molecule is CCc1ccc(/C(O)=C2/C(=O)C(=O)N(CCN(C)C)C2c2cccc(C)c2)cc1. The molecule has 3 rings (SSSR count). The summed E-state index contributed by atoms with van der Waals surface area (Å²) in [6.07, 6.45) is 0.888. The molecule has 1 aliphatic heterocycles. The van der Waals surface area contributed by atoms with Crippen LogP contribution in [0.4, 0.5) is 0 Å². The fourth-order valence-electron chi connectivity index (χ4n) is 3.66. The smallest absolute Gasteiger partial charge is 0.295 e. The fourth-order valence-corrected chi connectivity index (χ4v) is 3.66. The average molecular weight is 392 g/mol. The second-order valence-electron chi connectivity index (χ2n) is 7.76. The van der Waals surface area contributed by atoms with Gasteiger partial charge in [0.25, 0.3) is 11.7 Å². The Morgan fingerprint density at radius 1 is 1.10 bits per heavy atom. The average Bonchev–Trinajstić information content (AvgIpc) is 2.96. The maximum Gasteiger partial charge on any atom is 0.295 e. The van der Waals surface area contributed by atoms with E-state index in [0.717, 1.165) is 23.1 Å². The first-order valence-corrected chi connectivity index (χ1v) is 9.92. The summed E-state index contributed by atoms with van der Waals surface area (Å²) >= 11 is 0. The van der Waals surface area contributed by atoms with Gasteiger partial charge in [-0.25, -0.2) is 0 Å². The molecule has 152 valence electrons. The number of Topliss-reactive ketones (excluding diaryl/α,β-unsaturated/α-hetero) is 1. The lowest BCUT2D eigenvalue weighted by Crippen LogP contribution is -2.35. The van der Waals surface area contributed by atoms with Crippen LogP contribution in [0.15, 0.2) is 54.1 Å². The number of nitrogens with zero attached hydrogens (tertiary/aromatic N) is 2. The minimum Gasteiger partial charge on any atom is -0.507 e. The molecule has 0 radical (unpaired) electrons. The van der Waals surface area contributed by atoms with E-state index in [0.29, 0.717) is 18.7 Å². The Morgan fingerprint density at radius 3 is 2.38 bits per heavy atom. The minimum absolute atomic E-state index is 0.120. The molecule has 1 amide bonds. The summed E-state index contributed by atoms with van der Waals surface area (Å²) in [7, 11) is 3.85. The standard InChI is InChI=1S/C24H28N2O3/c1-5-17-9-11-18(12-10-17)22(27)20-21(19-8-6-7-16(2)15-19)26(14-13-25(3)4)24(29)23(20)28/h6-12,15,21,27H,5,13-14H2,1-4H3/b22-20-. The number of hydrogen-bond donors (Lipinski definition) is 1. The van der Waals surface area contributed by atoms with Crippen LogP contribution in [-0.4, -0.2) is 53.8 Å². The number of aliphatic hydroxyl groups excluding tert-OH is 1. The molecule has 0 saturated carbocycles. The van der Waals surface area contributed by atoms with Gasteiger partial charge in [-0.2, -0.15) is 0 Å². The number of carbonyl (C=O) groups excluding carboxylic acids is 2. The summed E-state index contributed by atoms with van der Waals surface area (Å²) in [5, 5.41) is 11.0. The highest BCUT2D eigenvalue weighted by Crippen LogP contribution is 2.39. The van der Waals surface area contributed by atoms with E-state index < -0.39 is 17.7 Å². The topological polar surface area (TPSA) is 60.9 Å². The molecular weight excluding hydrogens is 364 g/mol. The van der Waals surface area contributed by atoms with Gasteiger partial charge in [0.15, 0.2) is 0 Å². The van der Waals surface area contributed by atoms with Crippen LogP contribution in [0.2, 0.25) is 0 Å². The highest BCUT2D eigenvalue weighted by atomic mass is 16.3. The van der Waals surface area contributed by atoms with Gasteiger partial charge in [0.2, 0.25) is 0 Å². The highest BCUT2D eigenvalue weighted by Gasteiger charge is 2.45. The van der Waals surface area contributed by atoms with Gasteiger partial charge >= 0.3 is 0 Å². The van der Waals surface area contributed by atoms with Gasteiger partial charge in [0.05, 0.1) is 11.6 Å². The van der Waals surface area contributed by atoms with Crippen LogP contribution < -0.4 is 0 Å². The van der Waals surface area contributed by atoms with Gasteiger partial charge in [-0.3, -0.25) is 9.59 Å². The number of aliphatic hydroxyl groups is 1. The molecule has 1 N–H and O–H groups in total. The molecule has 1 unspecified atom stereocenters. The lowest BCUT2D eigenvalue weighted by molar-refractivity contribution is -0.140. The normalized spacial score (nSPS) is 18.7. The summed E-state index contributed by atoms with van der Waals surface area (Å²) in [6, 6.07) is 14.6. The maximum atomic E-state index is 12.9. The first-order chi connectivity index (χ1) is 13.8. The van der Waals surface area contributed by atoms with Crippen LogP contribution in [0.3, 0.4) is 0 Å². The van der Waals surface area contributed by atoms with Crippen LogP contribution in [0, 0.1) is 6.92 Å². The van der Waals surface area contributed by atoms with Crippen molar-refractivity contribution >= 4 is 17.4 Å². The number of rotatable bonds is 6. The number of likely N-dealkylation sites (N-methyl/N-ethyl adjacent to an activating group) is 1. The number of carbonyl (C=O) groups is 2. The Balaban J connectivity index is 2.13. The van der Waals surface area contributed by atoms with Gasteiger partial charge in [-0.05, 0) is 38.6 Å². The van der Waals surface area contributed by atoms with E-state index in [9.17, 15) is 14.7 Å². The van der Waals surface area contributed by atoms with Crippen molar-refractivity contribution in [1.82, 2.24) is 9.80 Å². The van der Waals surface area contributed by atoms with E-state index >= 15 is 0 Å². The number of aryl methyl sites for hydroxylation is 2. The van der Waals surface area contributed by atoms with E-state index in [4.69, 9.17) is 0 Å². The zero-order chi connectivity index (χ0) is 21.1. The first kappa shape index (κ1) is 20.8. The molecule has 0 aliphatic carbocycles. The van der Waals surface area contributed by atoms with Crippen molar-refractivity contribution < 1.29 is 14.7 Å². The molecule has 0 bridgehead atoms. The Morgan fingerprint density at radius 2 is 1.79 bits per heavy atom. The van der Waals surface area contributed by atoms with E-state index in [-0.39, 0.29) is 11.3 Å². The minimum atomic E-state index is -0.632. The molecule has 1 aliphatic rings. The number of likely N-dealkylation sites (tertiary alicyclic amines) is 1. The number of benzene rings is 2. The van der Waals surface area contributed by atoms with E-state index in [1.54, 1.807) is 17.0 Å². The number of amides is 1. The number of hydrogen-bond acceptors (Lipinski definition) is 4. The largest absolute Gasteiger partial charge is 0.507 e. The fraction of sp³-hybridized carbons (Fsp3) is 0.333. The van der Waals surface area contributed by atoms with Crippen LogP contribution >= 0.6 is 0 Å². The van der Waals surface area contributed by atoms with Crippen molar-refractivity contribution in [3.05, 3.63) is 76.4 Å². The zero-order valence-corrected chi connectivity index (χ0v) is 17.5. The van der Waals surface area contributed by atoms with Gasteiger partial charge in [0, 0.05) is 18.7 Å². The summed E-state index contributed by atoms with van der Waals surface area (Å²) in [5.41, 5.74) is 3.71. The van der Waals surface area contributed by atoms with Crippen molar-refractivity contribution in [1.29, 1.82) is 0 Å². The van der Waals surface area contributed by atoms with Crippen molar-refractivity contribution in [2.75, 3.05) is 27.2 Å². The van der Waals surface area contributed by atoms with Crippen LogP contribution in [0.25, 0.3) is 5.76 Å². The van der Waals surface area contributed by atoms with Crippen molar-refractivity contribution in [2.45, 2.75) is 26.3 Å². The molecule has 1 fully saturated rings. The third-order valence-corrected chi connectivity index (χ3v) is 5.32. The summed E-state index contributed by atoms with van der Waals surface area (Å²) in [4.78, 5) is 29.3. The lowest BCUT2D eigenvalue weighted by Gasteiger charge is -2.26. The summed E-state index contributed by atoms with van der Waals surface area (Å²) in [6.45, 7) is 5.06. The Bertz CT molecular complexity index is 945. The molecule has 1 heterocycles. The Kier molecular flexibility index (Phi) is 6.18. The Hall–Kier alpha value is -2.92. The number of ketones is 1. The molecular formula is C24H28N2O3. The molecule has 2 aromatic rings. The molecule has 1 saturated heterocycles. The predicted octanol–water partition coefficient (Wildman–Crippen LogP) is 3.54. The summed E-state index contributed by atoms with van der Waals surface area (Å²) < 4.78 is 0. The van der Waals surface area contributed by atoms with E-state index in [1.807, 2.05) is 62.3 Å². The van der Waals surface area contributed by atoms with Crippen LogP contribution in [-0.2, 0) is 16.0 Å².